The number of anilines is 2. The second-order valence-electron chi connectivity index (χ2n) is 7.51. The minimum atomic E-state index is -0.116. The van der Waals surface area contributed by atoms with E-state index in [1.807, 2.05) is 55.5 Å². The van der Waals surface area contributed by atoms with Crippen molar-refractivity contribution in [3.63, 3.8) is 0 Å². The van der Waals surface area contributed by atoms with Crippen molar-refractivity contribution in [1.82, 2.24) is 4.98 Å². The van der Waals surface area contributed by atoms with Crippen LogP contribution in [0.3, 0.4) is 0 Å². The molecule has 0 fully saturated rings. The monoisotopic (exact) mass is 389 g/mol. The number of fused-ring (bicyclic) bond motifs is 1. The van der Waals surface area contributed by atoms with Gasteiger partial charge in [-0.15, -0.1) is 0 Å². The lowest BCUT2D eigenvalue weighted by molar-refractivity contribution is -0.117. The minimum Gasteiger partial charge on any atom is -0.326 e. The Balaban J connectivity index is 1.78. The zero-order chi connectivity index (χ0) is 21.0. The number of para-hydroxylation sites is 2. The highest BCUT2D eigenvalue weighted by Gasteiger charge is 2.18. The van der Waals surface area contributed by atoms with Gasteiger partial charge in [-0.05, 0) is 36.1 Å². The van der Waals surface area contributed by atoms with Gasteiger partial charge in [-0.25, -0.2) is 0 Å². The maximum Gasteiger partial charge on any atom is 0.226 e. The summed E-state index contributed by atoms with van der Waals surface area (Å²) in [6.45, 7) is 8.01. The van der Waals surface area contributed by atoms with Gasteiger partial charge < -0.3 is 10.2 Å². The van der Waals surface area contributed by atoms with Gasteiger partial charge in [0.05, 0.1) is 11.2 Å². The Morgan fingerprint density at radius 2 is 1.79 bits per heavy atom. The van der Waals surface area contributed by atoms with Gasteiger partial charge in [-0.3, -0.25) is 14.6 Å². The molecule has 3 aromatic rings. The van der Waals surface area contributed by atoms with E-state index in [1.54, 1.807) is 11.1 Å². The lowest BCUT2D eigenvalue weighted by Gasteiger charge is -2.22. The molecule has 5 nitrogen and oxygen atoms in total. The van der Waals surface area contributed by atoms with E-state index < -0.39 is 0 Å². The van der Waals surface area contributed by atoms with E-state index >= 15 is 0 Å². The molecular formula is C24H27N3O2. The third kappa shape index (κ3) is 4.62. The molecule has 0 saturated heterocycles. The van der Waals surface area contributed by atoms with Crippen LogP contribution in [0.4, 0.5) is 11.4 Å². The molecule has 0 spiro atoms. The van der Waals surface area contributed by atoms with E-state index in [-0.39, 0.29) is 18.2 Å². The van der Waals surface area contributed by atoms with Gasteiger partial charge in [0, 0.05) is 37.2 Å². The molecule has 0 aliphatic carbocycles. The number of hydrogen-bond acceptors (Lipinski definition) is 3. The van der Waals surface area contributed by atoms with Gasteiger partial charge >= 0.3 is 0 Å². The molecular weight excluding hydrogens is 362 g/mol. The number of pyridine rings is 1. The summed E-state index contributed by atoms with van der Waals surface area (Å²) < 4.78 is 0. The molecule has 1 aromatic heterocycles. The lowest BCUT2D eigenvalue weighted by atomic mass is 9.98. The molecule has 2 amide bonds. The van der Waals surface area contributed by atoms with Gasteiger partial charge in [0.25, 0.3) is 0 Å². The first-order valence-corrected chi connectivity index (χ1v) is 9.89. The number of rotatable bonds is 6. The maximum atomic E-state index is 12.7. The Morgan fingerprint density at radius 3 is 2.52 bits per heavy atom. The predicted octanol–water partition coefficient (Wildman–Crippen LogP) is 5.05. The summed E-state index contributed by atoms with van der Waals surface area (Å²) >= 11 is 0. The van der Waals surface area contributed by atoms with Crippen LogP contribution in [-0.2, 0) is 9.59 Å². The highest BCUT2D eigenvalue weighted by Crippen LogP contribution is 2.28. The number of amides is 2. The number of hydrogen-bond donors (Lipinski definition) is 1. The lowest BCUT2D eigenvalue weighted by Crippen LogP contribution is -2.32. The number of carbonyl (C=O) groups excluding carboxylic acids is 2. The van der Waals surface area contributed by atoms with E-state index in [4.69, 9.17) is 0 Å². The molecule has 2 aromatic carbocycles. The quantitative estimate of drug-likeness (QED) is 0.642. The number of aryl methyl sites for hydroxylation is 1. The molecule has 0 aliphatic heterocycles. The van der Waals surface area contributed by atoms with Gasteiger partial charge in [-0.2, -0.15) is 0 Å². The van der Waals surface area contributed by atoms with Crippen molar-refractivity contribution in [2.24, 2.45) is 0 Å². The molecule has 0 unspecified atom stereocenters. The zero-order valence-electron chi connectivity index (χ0n) is 17.4. The van der Waals surface area contributed by atoms with Crippen LogP contribution in [0.25, 0.3) is 10.9 Å². The van der Waals surface area contributed by atoms with Crippen molar-refractivity contribution in [2.75, 3.05) is 16.8 Å². The Labute approximate surface area is 171 Å². The zero-order valence-corrected chi connectivity index (χ0v) is 17.4. The van der Waals surface area contributed by atoms with Crippen molar-refractivity contribution < 1.29 is 9.59 Å². The Bertz CT molecular complexity index is 1040. The van der Waals surface area contributed by atoms with Crippen molar-refractivity contribution in [3.8, 4) is 0 Å². The van der Waals surface area contributed by atoms with Crippen LogP contribution in [0.1, 0.15) is 44.2 Å². The first kappa shape index (κ1) is 20.5. The molecule has 3 rings (SSSR count). The number of benzene rings is 2. The third-order valence-corrected chi connectivity index (χ3v) is 5.04. The maximum absolute atomic E-state index is 12.7. The van der Waals surface area contributed by atoms with E-state index in [1.165, 1.54) is 6.92 Å². The smallest absolute Gasteiger partial charge is 0.226 e. The molecule has 1 N–H and O–H groups in total. The third-order valence-electron chi connectivity index (χ3n) is 5.04. The van der Waals surface area contributed by atoms with Crippen LogP contribution < -0.4 is 10.2 Å². The van der Waals surface area contributed by atoms with Crippen LogP contribution in [0.5, 0.6) is 0 Å². The minimum absolute atomic E-state index is 0.111. The van der Waals surface area contributed by atoms with Gasteiger partial charge in [-0.1, -0.05) is 50.2 Å². The second kappa shape index (κ2) is 8.86. The molecule has 0 aliphatic rings. The number of nitrogens with zero attached hydrogens (tertiary/aromatic N) is 2. The van der Waals surface area contributed by atoms with E-state index in [2.05, 4.69) is 24.1 Å². The number of aromatic nitrogens is 1. The fraction of sp³-hybridized carbons (Fsp3) is 0.292. The van der Waals surface area contributed by atoms with Gasteiger partial charge in [0.2, 0.25) is 11.8 Å². The van der Waals surface area contributed by atoms with Crippen molar-refractivity contribution >= 4 is 34.1 Å². The van der Waals surface area contributed by atoms with Gasteiger partial charge in [0.15, 0.2) is 0 Å². The fourth-order valence-corrected chi connectivity index (χ4v) is 3.51. The van der Waals surface area contributed by atoms with E-state index in [9.17, 15) is 9.59 Å². The normalized spacial score (nSPS) is 10.9. The summed E-state index contributed by atoms with van der Waals surface area (Å²) in [6, 6.07) is 15.6. The number of carbonyl (C=O) groups is 2. The van der Waals surface area contributed by atoms with Crippen LogP contribution >= 0.6 is 0 Å². The van der Waals surface area contributed by atoms with Crippen molar-refractivity contribution in [1.29, 1.82) is 0 Å². The van der Waals surface area contributed by atoms with Crippen molar-refractivity contribution in [2.45, 2.75) is 40.0 Å². The highest BCUT2D eigenvalue weighted by molar-refractivity contribution is 6.02. The van der Waals surface area contributed by atoms with Gasteiger partial charge in [0.1, 0.15) is 0 Å². The van der Waals surface area contributed by atoms with Crippen LogP contribution in [0, 0.1) is 6.92 Å². The SMILES string of the molecule is CC(=O)N(CCC(=O)Nc1c(C)cccc1C(C)C)c1cccc2cccnc12. The van der Waals surface area contributed by atoms with Crippen molar-refractivity contribution in [3.05, 3.63) is 65.9 Å². The molecule has 0 bridgehead atoms. The topological polar surface area (TPSA) is 62.3 Å². The first-order chi connectivity index (χ1) is 13.9. The summed E-state index contributed by atoms with van der Waals surface area (Å²) in [4.78, 5) is 31.1. The first-order valence-electron chi connectivity index (χ1n) is 9.89. The molecule has 5 heteroatoms. The summed E-state index contributed by atoms with van der Waals surface area (Å²) in [7, 11) is 0. The second-order valence-corrected chi connectivity index (χ2v) is 7.51. The van der Waals surface area contributed by atoms with E-state index in [0.717, 1.165) is 33.4 Å². The molecule has 0 atom stereocenters. The Morgan fingerprint density at radius 1 is 1.07 bits per heavy atom. The predicted molar refractivity (Wildman–Crippen MR) is 118 cm³/mol. The molecule has 0 radical (unpaired) electrons. The van der Waals surface area contributed by atoms with Crippen LogP contribution in [0.2, 0.25) is 0 Å². The molecule has 29 heavy (non-hydrogen) atoms. The molecule has 1 heterocycles. The standard InChI is InChI=1S/C24H27N3O2/c1-16(2)20-11-5-8-17(3)23(20)26-22(29)13-15-27(18(4)28)21-12-6-9-19-10-7-14-25-24(19)21/h5-12,14,16H,13,15H2,1-4H3,(H,26,29). The number of nitrogens with one attached hydrogen (secondary N) is 1. The summed E-state index contributed by atoms with van der Waals surface area (Å²) in [5.41, 5.74) is 4.49. The Kier molecular flexibility index (Phi) is 6.27. The summed E-state index contributed by atoms with van der Waals surface area (Å²) in [5, 5.41) is 4.01. The average Bonchev–Trinajstić information content (AvgIpc) is 2.69. The fourth-order valence-electron chi connectivity index (χ4n) is 3.51. The molecule has 0 saturated carbocycles. The highest BCUT2D eigenvalue weighted by atomic mass is 16.2. The van der Waals surface area contributed by atoms with Crippen LogP contribution in [0.15, 0.2) is 54.7 Å². The average molecular weight is 389 g/mol. The summed E-state index contributed by atoms with van der Waals surface area (Å²) in [5.74, 6) is 0.0797. The summed E-state index contributed by atoms with van der Waals surface area (Å²) in [6.07, 6.45) is 1.91. The largest absolute Gasteiger partial charge is 0.326 e. The van der Waals surface area contributed by atoms with Crippen LogP contribution in [-0.4, -0.2) is 23.3 Å². The van der Waals surface area contributed by atoms with E-state index in [0.29, 0.717) is 12.5 Å². The molecule has 150 valence electrons. The Hall–Kier alpha value is -3.21.